The fourth-order valence-electron chi connectivity index (χ4n) is 1.13. The summed E-state index contributed by atoms with van der Waals surface area (Å²) in [4.78, 5) is 8.09. The molecule has 88 valence electrons. The Morgan fingerprint density at radius 3 is 2.59 bits per heavy atom. The van der Waals surface area contributed by atoms with Crippen molar-refractivity contribution in [3.63, 3.8) is 0 Å². The molecule has 0 bridgehead atoms. The summed E-state index contributed by atoms with van der Waals surface area (Å²) in [7, 11) is 0. The molecule has 0 aliphatic heterocycles. The van der Waals surface area contributed by atoms with Crippen molar-refractivity contribution in [1.82, 2.24) is 9.97 Å². The Labute approximate surface area is 113 Å². The largest absolute Gasteiger partial charge is 0.436 e. The van der Waals surface area contributed by atoms with Gasteiger partial charge in [-0.1, -0.05) is 23.2 Å². The topological polar surface area (TPSA) is 35.0 Å². The van der Waals surface area contributed by atoms with Crippen LogP contribution in [0.3, 0.4) is 0 Å². The molecule has 6 heteroatoms. The first-order chi connectivity index (χ1) is 8.19. The Kier molecular flexibility index (Phi) is 4.05. The molecule has 0 unspecified atom stereocenters. The lowest BCUT2D eigenvalue weighted by atomic mass is 10.3. The highest BCUT2D eigenvalue weighted by Crippen LogP contribution is 2.30. The number of aromatic nitrogens is 2. The Balaban J connectivity index is 2.22. The molecule has 2 aromatic rings. The number of halogens is 3. The third kappa shape index (κ3) is 3.22. The van der Waals surface area contributed by atoms with E-state index in [-0.39, 0.29) is 0 Å². The van der Waals surface area contributed by atoms with E-state index in [2.05, 4.69) is 9.97 Å². The molecule has 1 aromatic heterocycles. The minimum atomic E-state index is 0.311. The third-order valence-corrected chi connectivity index (χ3v) is 2.75. The minimum absolute atomic E-state index is 0.311. The molecule has 0 radical (unpaired) electrons. The second-order valence-corrected chi connectivity index (χ2v) is 4.27. The number of hydrogen-bond acceptors (Lipinski definition) is 3. The molecule has 0 spiro atoms. The van der Waals surface area contributed by atoms with Gasteiger partial charge in [-0.3, -0.25) is 4.98 Å². The van der Waals surface area contributed by atoms with E-state index in [1.807, 2.05) is 0 Å². The Morgan fingerprint density at radius 2 is 1.94 bits per heavy atom. The van der Waals surface area contributed by atoms with E-state index in [0.29, 0.717) is 33.2 Å². The van der Waals surface area contributed by atoms with Crippen LogP contribution in [-0.4, -0.2) is 9.97 Å². The van der Waals surface area contributed by atoms with Crippen LogP contribution >= 0.6 is 34.8 Å². The summed E-state index contributed by atoms with van der Waals surface area (Å²) in [5.74, 6) is 1.08. The SMILES string of the molecule is ClCc1cnc(Oc2cc(Cl)ccc2Cl)cn1. The van der Waals surface area contributed by atoms with Gasteiger partial charge in [0.05, 0.1) is 29.0 Å². The van der Waals surface area contributed by atoms with Crippen molar-refractivity contribution in [1.29, 1.82) is 0 Å². The summed E-state index contributed by atoms with van der Waals surface area (Å²) < 4.78 is 5.46. The van der Waals surface area contributed by atoms with Crippen molar-refractivity contribution in [3.8, 4) is 11.6 Å². The van der Waals surface area contributed by atoms with E-state index in [1.165, 1.54) is 6.20 Å². The summed E-state index contributed by atoms with van der Waals surface area (Å²) >= 11 is 17.4. The van der Waals surface area contributed by atoms with Crippen LogP contribution in [0.5, 0.6) is 11.6 Å². The zero-order valence-electron chi connectivity index (χ0n) is 8.53. The zero-order valence-corrected chi connectivity index (χ0v) is 10.8. The summed E-state index contributed by atoms with van der Waals surface area (Å²) in [5.41, 5.74) is 0.677. The lowest BCUT2D eigenvalue weighted by Gasteiger charge is -2.06. The molecule has 0 saturated heterocycles. The van der Waals surface area contributed by atoms with Gasteiger partial charge in [0.1, 0.15) is 5.75 Å². The second kappa shape index (κ2) is 5.54. The van der Waals surface area contributed by atoms with Gasteiger partial charge in [0.15, 0.2) is 0 Å². The van der Waals surface area contributed by atoms with Gasteiger partial charge in [-0.2, -0.15) is 0 Å². The van der Waals surface area contributed by atoms with Gasteiger partial charge in [-0.15, -0.1) is 11.6 Å². The molecule has 17 heavy (non-hydrogen) atoms. The smallest absolute Gasteiger partial charge is 0.237 e. The van der Waals surface area contributed by atoms with Crippen molar-refractivity contribution in [3.05, 3.63) is 46.3 Å². The lowest BCUT2D eigenvalue weighted by molar-refractivity contribution is 0.460. The van der Waals surface area contributed by atoms with E-state index in [1.54, 1.807) is 24.4 Å². The Morgan fingerprint density at radius 1 is 1.12 bits per heavy atom. The maximum Gasteiger partial charge on any atom is 0.237 e. The molecule has 0 N–H and O–H groups in total. The number of alkyl halides is 1. The van der Waals surface area contributed by atoms with Gasteiger partial charge < -0.3 is 4.74 Å². The van der Waals surface area contributed by atoms with Crippen molar-refractivity contribution >= 4 is 34.8 Å². The molecule has 1 aromatic carbocycles. The lowest BCUT2D eigenvalue weighted by Crippen LogP contribution is -1.92. The molecule has 3 nitrogen and oxygen atoms in total. The predicted molar refractivity (Wildman–Crippen MR) is 68.1 cm³/mol. The fourth-order valence-corrected chi connectivity index (χ4v) is 1.59. The van der Waals surface area contributed by atoms with Crippen molar-refractivity contribution in [2.45, 2.75) is 5.88 Å². The van der Waals surface area contributed by atoms with Gasteiger partial charge >= 0.3 is 0 Å². The van der Waals surface area contributed by atoms with Crippen LogP contribution in [0, 0.1) is 0 Å². The number of rotatable bonds is 3. The maximum atomic E-state index is 5.95. The van der Waals surface area contributed by atoms with Gasteiger partial charge in [0.25, 0.3) is 0 Å². The summed E-state index contributed by atoms with van der Waals surface area (Å²) in [6.07, 6.45) is 3.02. The van der Waals surface area contributed by atoms with Gasteiger partial charge in [-0.25, -0.2) is 4.98 Å². The first-order valence-electron chi connectivity index (χ1n) is 4.69. The quantitative estimate of drug-likeness (QED) is 0.790. The number of ether oxygens (including phenoxy) is 1. The third-order valence-electron chi connectivity index (χ3n) is 1.93. The summed E-state index contributed by atoms with van der Waals surface area (Å²) in [6.45, 7) is 0. The van der Waals surface area contributed by atoms with E-state index < -0.39 is 0 Å². The molecule has 1 heterocycles. The average Bonchev–Trinajstić information content (AvgIpc) is 2.35. The van der Waals surface area contributed by atoms with Crippen LogP contribution in [0.15, 0.2) is 30.6 Å². The van der Waals surface area contributed by atoms with Crippen LogP contribution < -0.4 is 4.74 Å². The van der Waals surface area contributed by atoms with Gasteiger partial charge in [-0.05, 0) is 12.1 Å². The fraction of sp³-hybridized carbons (Fsp3) is 0.0909. The van der Waals surface area contributed by atoms with Crippen molar-refractivity contribution in [2.75, 3.05) is 0 Å². The molecular formula is C11H7Cl3N2O. The first-order valence-corrected chi connectivity index (χ1v) is 5.98. The van der Waals surface area contributed by atoms with E-state index in [0.717, 1.165) is 0 Å². The molecule has 0 fully saturated rings. The Hall–Kier alpha value is -1.03. The van der Waals surface area contributed by atoms with Crippen LogP contribution in [-0.2, 0) is 5.88 Å². The van der Waals surface area contributed by atoms with E-state index in [4.69, 9.17) is 39.5 Å². The Bertz CT molecular complexity index is 517. The minimum Gasteiger partial charge on any atom is -0.436 e. The average molecular weight is 290 g/mol. The number of hydrogen-bond donors (Lipinski definition) is 0. The van der Waals surface area contributed by atoms with Crippen LogP contribution in [0.1, 0.15) is 5.69 Å². The molecule has 2 rings (SSSR count). The summed E-state index contributed by atoms with van der Waals surface area (Å²) in [6, 6.07) is 4.94. The molecular weight excluding hydrogens is 282 g/mol. The van der Waals surface area contributed by atoms with Crippen molar-refractivity contribution < 1.29 is 4.74 Å². The van der Waals surface area contributed by atoms with Gasteiger partial charge in [0.2, 0.25) is 5.88 Å². The normalized spacial score (nSPS) is 10.3. The number of benzene rings is 1. The van der Waals surface area contributed by atoms with E-state index in [9.17, 15) is 0 Å². The highest BCUT2D eigenvalue weighted by Gasteiger charge is 2.05. The van der Waals surface area contributed by atoms with Crippen LogP contribution in [0.25, 0.3) is 0 Å². The van der Waals surface area contributed by atoms with E-state index >= 15 is 0 Å². The monoisotopic (exact) mass is 288 g/mol. The molecule has 0 amide bonds. The molecule has 0 aliphatic carbocycles. The molecule has 0 atom stereocenters. The van der Waals surface area contributed by atoms with Crippen molar-refractivity contribution in [2.24, 2.45) is 0 Å². The highest BCUT2D eigenvalue weighted by molar-refractivity contribution is 6.34. The number of nitrogens with zero attached hydrogens (tertiary/aromatic N) is 2. The second-order valence-electron chi connectivity index (χ2n) is 3.16. The maximum absolute atomic E-state index is 5.95. The summed E-state index contributed by atoms with van der Waals surface area (Å²) in [5, 5.41) is 0.993. The highest BCUT2D eigenvalue weighted by atomic mass is 35.5. The first kappa shape index (κ1) is 12.4. The standard InChI is InChI=1S/C11H7Cl3N2O/c12-4-8-5-16-11(6-15-8)17-10-3-7(13)1-2-9(10)14/h1-3,5-6H,4H2. The van der Waals surface area contributed by atoms with Crippen LogP contribution in [0.2, 0.25) is 10.0 Å². The predicted octanol–water partition coefficient (Wildman–Crippen LogP) is 4.31. The van der Waals surface area contributed by atoms with Gasteiger partial charge in [0, 0.05) is 11.1 Å². The molecule has 0 aliphatic rings. The zero-order chi connectivity index (χ0) is 12.3. The molecule has 0 saturated carbocycles. The van der Waals surface area contributed by atoms with Crippen LogP contribution in [0.4, 0.5) is 0 Å².